The third kappa shape index (κ3) is 24.5. The summed E-state index contributed by atoms with van der Waals surface area (Å²) in [6, 6.07) is 0. The van der Waals surface area contributed by atoms with E-state index in [0.29, 0.717) is 13.2 Å². The fourth-order valence-electron chi connectivity index (χ4n) is 0.449. The molecule has 86 valence electrons. The summed E-state index contributed by atoms with van der Waals surface area (Å²) in [6.45, 7) is 8.18. The first-order valence-corrected chi connectivity index (χ1v) is 4.27. The highest BCUT2D eigenvalue weighted by Gasteiger charge is 2.00. The van der Waals surface area contributed by atoms with Gasteiger partial charge in [-0.15, -0.1) is 13.2 Å². The minimum atomic E-state index is -1.08. The van der Waals surface area contributed by atoms with E-state index in [0.717, 1.165) is 0 Å². The number of ether oxygens (including phenoxy) is 1. The second kappa shape index (κ2) is 12.4. The topological polar surface area (TPSA) is 83.8 Å². The first kappa shape index (κ1) is 15.8. The van der Waals surface area contributed by atoms with E-state index in [2.05, 4.69) is 13.2 Å². The van der Waals surface area contributed by atoms with Crippen LogP contribution in [0, 0.1) is 0 Å². The summed E-state index contributed by atoms with van der Waals surface area (Å²) < 4.78 is 4.90. The van der Waals surface area contributed by atoms with Crippen molar-refractivity contribution in [3.63, 3.8) is 0 Å². The SMILES string of the molecule is C=CCOCC=C.O=C(O)CCC(=O)O. The standard InChI is InChI=1S/C6H10O.C4H6O4/c1-3-5-7-6-4-2;5-3(6)1-2-4(7)8/h3-4H,1-2,5-6H2;1-2H2,(H,5,6)(H,7,8). The van der Waals surface area contributed by atoms with Crippen LogP contribution >= 0.6 is 0 Å². The van der Waals surface area contributed by atoms with E-state index in [-0.39, 0.29) is 12.8 Å². The zero-order chi connectivity index (χ0) is 12.1. The van der Waals surface area contributed by atoms with Gasteiger partial charge < -0.3 is 14.9 Å². The van der Waals surface area contributed by atoms with Gasteiger partial charge in [-0.3, -0.25) is 9.59 Å². The maximum atomic E-state index is 9.64. The first-order chi connectivity index (χ1) is 7.04. The Balaban J connectivity index is 0. The molecule has 0 bridgehead atoms. The maximum Gasteiger partial charge on any atom is 0.303 e. The predicted octanol–water partition coefficient (Wildman–Crippen LogP) is 1.31. The molecule has 0 aromatic heterocycles. The Labute approximate surface area is 88.7 Å². The van der Waals surface area contributed by atoms with Crippen molar-refractivity contribution in [2.24, 2.45) is 0 Å². The van der Waals surface area contributed by atoms with Gasteiger partial charge in [0, 0.05) is 0 Å². The van der Waals surface area contributed by atoms with Crippen molar-refractivity contribution < 1.29 is 24.5 Å². The number of rotatable bonds is 7. The van der Waals surface area contributed by atoms with Crippen LogP contribution in [0.1, 0.15) is 12.8 Å². The van der Waals surface area contributed by atoms with Gasteiger partial charge in [-0.2, -0.15) is 0 Å². The molecular formula is C10H16O5. The minimum Gasteiger partial charge on any atom is -0.481 e. The maximum absolute atomic E-state index is 9.64. The fraction of sp³-hybridized carbons (Fsp3) is 0.400. The molecule has 0 spiro atoms. The van der Waals surface area contributed by atoms with Gasteiger partial charge in [0.05, 0.1) is 26.1 Å². The molecule has 0 aliphatic rings. The lowest BCUT2D eigenvalue weighted by Gasteiger charge is -1.89. The van der Waals surface area contributed by atoms with Crippen LogP contribution in [-0.4, -0.2) is 35.4 Å². The molecule has 0 amide bonds. The second-order valence-electron chi connectivity index (χ2n) is 2.40. The first-order valence-electron chi connectivity index (χ1n) is 4.27. The van der Waals surface area contributed by atoms with E-state index in [1.54, 1.807) is 12.2 Å². The van der Waals surface area contributed by atoms with Crippen molar-refractivity contribution in [2.45, 2.75) is 12.8 Å². The minimum absolute atomic E-state index is 0.296. The van der Waals surface area contributed by atoms with E-state index in [1.165, 1.54) is 0 Å². The highest BCUT2D eigenvalue weighted by Crippen LogP contribution is 1.86. The molecule has 0 radical (unpaired) electrons. The zero-order valence-electron chi connectivity index (χ0n) is 8.52. The summed E-state index contributed by atoms with van der Waals surface area (Å²) in [5.41, 5.74) is 0. The molecule has 0 aromatic carbocycles. The third-order valence-corrected chi connectivity index (χ3v) is 1.02. The molecular weight excluding hydrogens is 200 g/mol. The molecule has 0 rings (SSSR count). The number of hydrogen-bond acceptors (Lipinski definition) is 3. The van der Waals surface area contributed by atoms with E-state index in [1.807, 2.05) is 0 Å². The van der Waals surface area contributed by atoms with Crippen LogP contribution < -0.4 is 0 Å². The quantitative estimate of drug-likeness (QED) is 0.495. The highest BCUT2D eigenvalue weighted by molar-refractivity contribution is 5.75. The zero-order valence-corrected chi connectivity index (χ0v) is 8.52. The average Bonchev–Trinajstić information content (AvgIpc) is 2.17. The van der Waals surface area contributed by atoms with Gasteiger partial charge in [-0.1, -0.05) is 12.2 Å². The monoisotopic (exact) mass is 216 g/mol. The van der Waals surface area contributed by atoms with Crippen LogP contribution in [0.15, 0.2) is 25.3 Å². The number of carboxylic acid groups (broad SMARTS) is 2. The van der Waals surface area contributed by atoms with Gasteiger partial charge in [-0.25, -0.2) is 0 Å². The number of aliphatic carboxylic acids is 2. The average molecular weight is 216 g/mol. The lowest BCUT2D eigenvalue weighted by molar-refractivity contribution is -0.143. The van der Waals surface area contributed by atoms with Crippen molar-refractivity contribution in [3.05, 3.63) is 25.3 Å². The predicted molar refractivity (Wildman–Crippen MR) is 55.7 cm³/mol. The number of carboxylic acids is 2. The number of hydrogen-bond donors (Lipinski definition) is 2. The Morgan fingerprint density at radius 3 is 1.53 bits per heavy atom. The largest absolute Gasteiger partial charge is 0.481 e. The van der Waals surface area contributed by atoms with Crippen molar-refractivity contribution in [1.82, 2.24) is 0 Å². The molecule has 0 fully saturated rings. The fourth-order valence-corrected chi connectivity index (χ4v) is 0.449. The Bertz CT molecular complexity index is 188. The molecule has 0 saturated carbocycles. The summed E-state index contributed by atoms with van der Waals surface area (Å²) in [7, 11) is 0. The third-order valence-electron chi connectivity index (χ3n) is 1.02. The Kier molecular flexibility index (Phi) is 13.1. The van der Waals surface area contributed by atoms with E-state index in [9.17, 15) is 9.59 Å². The molecule has 0 aliphatic carbocycles. The molecule has 0 heterocycles. The van der Waals surface area contributed by atoms with Gasteiger partial charge in [0.15, 0.2) is 0 Å². The molecule has 0 unspecified atom stereocenters. The summed E-state index contributed by atoms with van der Waals surface area (Å²) in [6.07, 6.45) is 2.83. The summed E-state index contributed by atoms with van der Waals surface area (Å²) >= 11 is 0. The second-order valence-corrected chi connectivity index (χ2v) is 2.40. The van der Waals surface area contributed by atoms with E-state index < -0.39 is 11.9 Å². The summed E-state index contributed by atoms with van der Waals surface area (Å²) in [4.78, 5) is 19.3. The van der Waals surface area contributed by atoms with Gasteiger partial charge in [-0.05, 0) is 0 Å². The lowest BCUT2D eigenvalue weighted by atomic mass is 10.3. The highest BCUT2D eigenvalue weighted by atomic mass is 16.5. The number of carbonyl (C=O) groups is 2. The van der Waals surface area contributed by atoms with Crippen LogP contribution in [-0.2, 0) is 14.3 Å². The van der Waals surface area contributed by atoms with Gasteiger partial charge >= 0.3 is 11.9 Å². The van der Waals surface area contributed by atoms with Crippen LogP contribution in [0.4, 0.5) is 0 Å². The summed E-state index contributed by atoms with van der Waals surface area (Å²) in [5.74, 6) is -2.15. The van der Waals surface area contributed by atoms with Gasteiger partial charge in [0.1, 0.15) is 0 Å². The van der Waals surface area contributed by atoms with Crippen LogP contribution in [0.5, 0.6) is 0 Å². The van der Waals surface area contributed by atoms with Gasteiger partial charge in [0.25, 0.3) is 0 Å². The van der Waals surface area contributed by atoms with Crippen molar-refractivity contribution in [2.75, 3.05) is 13.2 Å². The van der Waals surface area contributed by atoms with Gasteiger partial charge in [0.2, 0.25) is 0 Å². The van der Waals surface area contributed by atoms with E-state index >= 15 is 0 Å². The van der Waals surface area contributed by atoms with Crippen LogP contribution in [0.25, 0.3) is 0 Å². The van der Waals surface area contributed by atoms with Crippen molar-refractivity contribution in [1.29, 1.82) is 0 Å². The van der Waals surface area contributed by atoms with Crippen LogP contribution in [0.2, 0.25) is 0 Å². The molecule has 2 N–H and O–H groups in total. The molecule has 15 heavy (non-hydrogen) atoms. The molecule has 5 nitrogen and oxygen atoms in total. The molecule has 0 aromatic rings. The molecule has 0 saturated heterocycles. The van der Waals surface area contributed by atoms with Crippen molar-refractivity contribution in [3.8, 4) is 0 Å². The lowest BCUT2D eigenvalue weighted by Crippen LogP contribution is -2.00. The van der Waals surface area contributed by atoms with Crippen LogP contribution in [0.3, 0.4) is 0 Å². The Hall–Kier alpha value is -1.62. The molecule has 0 atom stereocenters. The Morgan fingerprint density at radius 1 is 1.00 bits per heavy atom. The molecule has 0 aliphatic heterocycles. The Morgan fingerprint density at radius 2 is 1.33 bits per heavy atom. The van der Waals surface area contributed by atoms with E-state index in [4.69, 9.17) is 14.9 Å². The smallest absolute Gasteiger partial charge is 0.303 e. The molecule has 5 heteroatoms. The summed E-state index contributed by atoms with van der Waals surface area (Å²) in [5, 5.41) is 15.8. The van der Waals surface area contributed by atoms with Crippen molar-refractivity contribution >= 4 is 11.9 Å². The normalized spacial score (nSPS) is 8.27.